The van der Waals surface area contributed by atoms with Gasteiger partial charge >= 0.3 is 0 Å². The third-order valence-electron chi connectivity index (χ3n) is 0.667. The lowest BCUT2D eigenvalue weighted by atomic mass is 10.4. The molecular weight excluding hydrogens is 102 g/mol. The first-order chi connectivity index (χ1) is 4.00. The van der Waals surface area contributed by atoms with Gasteiger partial charge in [0, 0.05) is 0 Å². The van der Waals surface area contributed by atoms with Crippen LogP contribution in [0.5, 0.6) is 0 Å². The van der Waals surface area contributed by atoms with Gasteiger partial charge in [-0.1, -0.05) is 42.0 Å². The highest BCUT2D eigenvalue weighted by atomic mass is 16.2. The van der Waals surface area contributed by atoms with E-state index in [0.29, 0.717) is 0 Å². The minimum atomic E-state index is 2.00. The van der Waals surface area contributed by atoms with Gasteiger partial charge in [-0.15, -0.1) is 0 Å². The zero-order valence-corrected chi connectivity index (χ0v) is 4.37. The van der Waals surface area contributed by atoms with Crippen LogP contribution in [0.15, 0.2) is 36.4 Å². The van der Waals surface area contributed by atoms with E-state index in [1.54, 1.807) is 0 Å². The van der Waals surface area contributed by atoms with E-state index in [1.165, 1.54) is 0 Å². The minimum absolute atomic E-state index is 2.00. The fraction of sp³-hybridized carbons (Fsp3) is 0. The summed E-state index contributed by atoms with van der Waals surface area (Å²) in [6, 6.07) is 12.0. The second-order valence-electron chi connectivity index (χ2n) is 1.15. The first-order valence-electron chi connectivity index (χ1n) is 2.20. The summed E-state index contributed by atoms with van der Waals surface area (Å²) in [5, 5.41) is 0. The van der Waals surface area contributed by atoms with Crippen molar-refractivity contribution < 1.29 is 0 Å². The van der Waals surface area contributed by atoms with Crippen molar-refractivity contribution in [2.24, 2.45) is 0 Å². The van der Waals surface area contributed by atoms with Gasteiger partial charge in [-0.3, -0.25) is 0 Å². The number of rotatable bonds is 0. The zero-order valence-electron chi connectivity index (χ0n) is 4.37. The van der Waals surface area contributed by atoms with Gasteiger partial charge in [0.25, 0.3) is 0 Å². The van der Waals surface area contributed by atoms with Crippen molar-refractivity contribution >= 4 is 0 Å². The maximum absolute atomic E-state index is 7.50. The lowest BCUT2D eigenvalue weighted by Crippen LogP contribution is -1.47. The molecule has 1 aromatic carbocycles. The average molecular weight is 109 g/mol. The van der Waals surface area contributed by atoms with Crippen LogP contribution in [0.25, 0.3) is 0 Å². The smallest absolute Gasteiger partial charge is 0.0623 e. The van der Waals surface area contributed by atoms with E-state index in [2.05, 4.69) is 5.59 Å². The lowest BCUT2D eigenvalue weighted by Gasteiger charge is -1.69. The Bertz CT molecular complexity index is 91.4. The number of hydrogen-bond donors (Lipinski definition) is 1. The summed E-state index contributed by atoms with van der Waals surface area (Å²) in [4.78, 5) is 7.50. The van der Waals surface area contributed by atoms with Gasteiger partial charge in [-0.25, -0.2) is 0 Å². The van der Waals surface area contributed by atoms with Crippen LogP contribution in [0.2, 0.25) is 0 Å². The Morgan fingerprint density at radius 3 is 0.875 bits per heavy atom. The molecule has 0 saturated heterocycles. The second kappa shape index (κ2) is 5.82. The van der Waals surface area contributed by atoms with Crippen molar-refractivity contribution in [2.45, 2.75) is 0 Å². The molecular formula is C6H7NO. The molecule has 0 atom stereocenters. The highest BCUT2D eigenvalue weighted by Gasteiger charge is 1.57. The number of hydrogen-bond acceptors (Lipinski definition) is 2. The van der Waals surface area contributed by atoms with Crippen molar-refractivity contribution in [3.8, 4) is 0 Å². The number of nitroso groups, excluding NO2 is 1. The molecule has 1 N–H and O–H groups in total. The third kappa shape index (κ3) is 3.03. The minimum Gasteiger partial charge on any atom is -0.154 e. The van der Waals surface area contributed by atoms with Crippen molar-refractivity contribution in [3.05, 3.63) is 41.3 Å². The summed E-state index contributed by atoms with van der Waals surface area (Å²) in [5.74, 6) is 0. The fourth-order valence-corrected chi connectivity index (χ4v) is 0.385. The van der Waals surface area contributed by atoms with Gasteiger partial charge in [0.2, 0.25) is 0 Å². The quantitative estimate of drug-likeness (QED) is 0.508. The second-order valence-corrected chi connectivity index (χ2v) is 1.15. The highest BCUT2D eigenvalue weighted by molar-refractivity contribution is 4.99. The van der Waals surface area contributed by atoms with Crippen molar-refractivity contribution in [1.82, 2.24) is 0 Å². The SMILES string of the molecule is N=O.c1ccccc1. The maximum atomic E-state index is 7.50. The van der Waals surface area contributed by atoms with E-state index >= 15 is 0 Å². The average Bonchev–Trinajstić information content (AvgIpc) is 1.96. The van der Waals surface area contributed by atoms with Crippen molar-refractivity contribution in [2.75, 3.05) is 0 Å². The number of nitrogens with one attached hydrogen (secondary N) is 1. The van der Waals surface area contributed by atoms with Gasteiger partial charge in [0.05, 0.1) is 0 Å². The molecule has 1 aromatic rings. The molecule has 0 radical (unpaired) electrons. The summed E-state index contributed by atoms with van der Waals surface area (Å²) in [6.45, 7) is 0. The summed E-state index contributed by atoms with van der Waals surface area (Å²) in [6.07, 6.45) is 0. The Labute approximate surface area is 47.9 Å². The normalized spacial score (nSPS) is 6.50. The molecule has 0 fully saturated rings. The first-order valence-corrected chi connectivity index (χ1v) is 2.20. The van der Waals surface area contributed by atoms with Gasteiger partial charge in [-0.2, -0.15) is 4.91 Å². The number of benzene rings is 1. The zero-order chi connectivity index (χ0) is 6.24. The molecule has 8 heavy (non-hydrogen) atoms. The van der Waals surface area contributed by atoms with E-state index < -0.39 is 0 Å². The Kier molecular flexibility index (Phi) is 4.96. The monoisotopic (exact) mass is 109 g/mol. The van der Waals surface area contributed by atoms with E-state index in [9.17, 15) is 0 Å². The van der Waals surface area contributed by atoms with E-state index in [4.69, 9.17) is 4.91 Å². The molecule has 0 saturated carbocycles. The Morgan fingerprint density at radius 1 is 0.625 bits per heavy atom. The largest absolute Gasteiger partial charge is 0.154 e. The molecule has 0 aromatic heterocycles. The summed E-state index contributed by atoms with van der Waals surface area (Å²) < 4.78 is 0. The molecule has 2 nitrogen and oxygen atoms in total. The summed E-state index contributed by atoms with van der Waals surface area (Å²) in [5.41, 5.74) is 4.50. The van der Waals surface area contributed by atoms with Crippen molar-refractivity contribution in [3.63, 3.8) is 0 Å². The standard InChI is InChI=1S/C6H6.HNO/c1-2-4-6-5-3-1;1-2/h1-6H;1H. The Morgan fingerprint density at radius 2 is 0.750 bits per heavy atom. The van der Waals surface area contributed by atoms with Gasteiger partial charge in [-0.05, 0) is 0 Å². The van der Waals surface area contributed by atoms with Crippen LogP contribution < -0.4 is 0 Å². The van der Waals surface area contributed by atoms with Crippen molar-refractivity contribution in [1.29, 1.82) is 5.59 Å². The van der Waals surface area contributed by atoms with Gasteiger partial charge in [0.15, 0.2) is 0 Å². The predicted molar refractivity (Wildman–Crippen MR) is 32.5 cm³/mol. The molecule has 0 amide bonds. The van der Waals surface area contributed by atoms with Crippen LogP contribution in [0.4, 0.5) is 0 Å². The van der Waals surface area contributed by atoms with Crippen LogP contribution in [0.1, 0.15) is 0 Å². The van der Waals surface area contributed by atoms with Crippen LogP contribution in [-0.2, 0) is 0 Å². The maximum Gasteiger partial charge on any atom is -0.0623 e. The van der Waals surface area contributed by atoms with E-state index in [1.807, 2.05) is 36.4 Å². The molecule has 0 aliphatic heterocycles. The molecule has 0 aliphatic carbocycles. The lowest BCUT2D eigenvalue weighted by molar-refractivity contribution is 1.49. The molecule has 1 rings (SSSR count). The molecule has 42 valence electrons. The Balaban J connectivity index is 0.000000222. The van der Waals surface area contributed by atoms with Crippen LogP contribution in [0, 0.1) is 10.5 Å². The Hall–Kier alpha value is -1.18. The summed E-state index contributed by atoms with van der Waals surface area (Å²) in [7, 11) is 0. The molecule has 0 unspecified atom stereocenters. The van der Waals surface area contributed by atoms with Crippen LogP contribution in [0.3, 0.4) is 0 Å². The molecule has 0 aliphatic rings. The highest BCUT2D eigenvalue weighted by Crippen LogP contribution is 1.79. The van der Waals surface area contributed by atoms with Gasteiger partial charge < -0.3 is 0 Å². The summed E-state index contributed by atoms with van der Waals surface area (Å²) >= 11 is 0. The first kappa shape index (κ1) is 6.82. The molecule has 0 bridgehead atoms. The van der Waals surface area contributed by atoms with E-state index in [-0.39, 0.29) is 0 Å². The van der Waals surface area contributed by atoms with Crippen LogP contribution in [-0.4, -0.2) is 0 Å². The topological polar surface area (TPSA) is 40.9 Å². The molecule has 0 heterocycles. The predicted octanol–water partition coefficient (Wildman–Crippen LogP) is 2.02. The van der Waals surface area contributed by atoms with Gasteiger partial charge in [0.1, 0.15) is 0 Å². The molecule has 2 heteroatoms. The third-order valence-corrected chi connectivity index (χ3v) is 0.667. The van der Waals surface area contributed by atoms with Crippen LogP contribution >= 0.6 is 0 Å². The molecule has 0 spiro atoms. The fourth-order valence-electron chi connectivity index (χ4n) is 0.385. The van der Waals surface area contributed by atoms with E-state index in [0.717, 1.165) is 0 Å².